The molecule has 0 saturated heterocycles. The molecule has 0 aliphatic carbocycles. The Labute approximate surface area is 92.1 Å². The molecular formula is C10H11ClO4. The summed E-state index contributed by atoms with van der Waals surface area (Å²) in [4.78, 5) is 11.3. The van der Waals surface area contributed by atoms with Gasteiger partial charge in [-0.3, -0.25) is 0 Å². The minimum absolute atomic E-state index is 0.0167. The van der Waals surface area contributed by atoms with Gasteiger partial charge < -0.3 is 14.9 Å². The number of phenols is 1. The molecule has 0 amide bonds. The highest BCUT2D eigenvalue weighted by molar-refractivity contribution is 6.18. The van der Waals surface area contributed by atoms with E-state index in [-0.39, 0.29) is 18.2 Å². The second-order valence-corrected chi connectivity index (χ2v) is 3.26. The number of benzene rings is 1. The molecule has 0 saturated carbocycles. The number of ether oxygens (including phenoxy) is 1. The number of carbonyl (C=O) groups is 1. The Morgan fingerprint density at radius 2 is 2.00 bits per heavy atom. The summed E-state index contributed by atoms with van der Waals surface area (Å²) in [5.74, 6) is -0.463. The second kappa shape index (κ2) is 5.58. The summed E-state index contributed by atoms with van der Waals surface area (Å²) in [6, 6.07) is 5.64. The predicted molar refractivity (Wildman–Crippen MR) is 55.1 cm³/mol. The highest BCUT2D eigenvalue weighted by atomic mass is 35.5. The smallest absolute Gasteiger partial charge is 0.338 e. The van der Waals surface area contributed by atoms with E-state index in [9.17, 15) is 4.79 Å². The molecule has 0 aliphatic heterocycles. The molecule has 1 aromatic rings. The number of aromatic hydroxyl groups is 1. The van der Waals surface area contributed by atoms with Gasteiger partial charge in [0.05, 0.1) is 11.4 Å². The third kappa shape index (κ3) is 3.77. The molecule has 0 bridgehead atoms. The molecule has 0 spiro atoms. The van der Waals surface area contributed by atoms with Crippen LogP contribution in [0.3, 0.4) is 0 Å². The molecule has 0 aromatic heterocycles. The zero-order chi connectivity index (χ0) is 11.3. The molecular weight excluding hydrogens is 220 g/mol. The fourth-order valence-electron chi connectivity index (χ4n) is 0.897. The van der Waals surface area contributed by atoms with Gasteiger partial charge in [-0.15, -0.1) is 11.6 Å². The minimum atomic E-state index is -0.854. The molecule has 2 N–H and O–H groups in total. The van der Waals surface area contributed by atoms with E-state index >= 15 is 0 Å². The number of phenolic OH excluding ortho intramolecular Hbond substituents is 1. The van der Waals surface area contributed by atoms with E-state index in [1.165, 1.54) is 24.3 Å². The van der Waals surface area contributed by atoms with Crippen molar-refractivity contribution in [3.63, 3.8) is 0 Å². The van der Waals surface area contributed by atoms with Crippen LogP contribution in [0.15, 0.2) is 24.3 Å². The summed E-state index contributed by atoms with van der Waals surface area (Å²) in [5.41, 5.74) is 0.314. The van der Waals surface area contributed by atoms with Crippen molar-refractivity contribution in [1.29, 1.82) is 0 Å². The third-order valence-electron chi connectivity index (χ3n) is 1.69. The first-order valence-corrected chi connectivity index (χ1v) is 4.87. The van der Waals surface area contributed by atoms with E-state index in [1.54, 1.807) is 0 Å². The second-order valence-electron chi connectivity index (χ2n) is 2.95. The SMILES string of the molecule is O=C(OCC(O)CCl)c1ccc(O)cc1. The normalized spacial score (nSPS) is 12.1. The Hall–Kier alpha value is -1.26. The molecule has 0 aliphatic rings. The maximum absolute atomic E-state index is 11.3. The maximum Gasteiger partial charge on any atom is 0.338 e. The fraction of sp³-hybridized carbons (Fsp3) is 0.300. The number of hydrogen-bond donors (Lipinski definition) is 2. The van der Waals surface area contributed by atoms with Crippen molar-refractivity contribution in [2.24, 2.45) is 0 Å². The van der Waals surface area contributed by atoms with Gasteiger partial charge in [0.25, 0.3) is 0 Å². The van der Waals surface area contributed by atoms with E-state index in [4.69, 9.17) is 26.6 Å². The summed E-state index contributed by atoms with van der Waals surface area (Å²) in [6.45, 7) is -0.136. The molecule has 1 unspecified atom stereocenters. The maximum atomic E-state index is 11.3. The van der Waals surface area contributed by atoms with Crippen LogP contribution in [0.2, 0.25) is 0 Å². The Balaban J connectivity index is 2.50. The zero-order valence-corrected chi connectivity index (χ0v) is 8.65. The molecule has 1 rings (SSSR count). The lowest BCUT2D eigenvalue weighted by molar-refractivity contribution is 0.0303. The molecule has 1 aromatic carbocycles. The van der Waals surface area contributed by atoms with E-state index in [1.807, 2.05) is 0 Å². The van der Waals surface area contributed by atoms with Gasteiger partial charge >= 0.3 is 5.97 Å². The number of hydrogen-bond acceptors (Lipinski definition) is 4. The number of rotatable bonds is 4. The summed E-state index contributed by atoms with van der Waals surface area (Å²) in [6.07, 6.45) is -0.854. The van der Waals surface area contributed by atoms with Gasteiger partial charge in [0.2, 0.25) is 0 Å². The first-order valence-electron chi connectivity index (χ1n) is 4.33. The highest BCUT2D eigenvalue weighted by Gasteiger charge is 2.09. The van der Waals surface area contributed by atoms with E-state index < -0.39 is 12.1 Å². The van der Waals surface area contributed by atoms with Crippen LogP contribution < -0.4 is 0 Å². The Morgan fingerprint density at radius 3 is 2.53 bits per heavy atom. The number of alkyl halides is 1. The first kappa shape index (κ1) is 11.8. The Kier molecular flexibility index (Phi) is 4.39. The van der Waals surface area contributed by atoms with Crippen LogP contribution in [0.5, 0.6) is 5.75 Å². The van der Waals surface area contributed by atoms with Gasteiger partial charge in [0.1, 0.15) is 18.5 Å². The molecule has 4 nitrogen and oxygen atoms in total. The summed E-state index contributed by atoms with van der Waals surface area (Å²) in [5, 5.41) is 18.0. The van der Waals surface area contributed by atoms with Crippen LogP contribution in [0, 0.1) is 0 Å². The Morgan fingerprint density at radius 1 is 1.40 bits per heavy atom. The van der Waals surface area contributed by atoms with Crippen LogP contribution in [-0.2, 0) is 4.74 Å². The average Bonchev–Trinajstić information content (AvgIpc) is 2.26. The topological polar surface area (TPSA) is 66.8 Å². The molecule has 82 valence electrons. The first-order chi connectivity index (χ1) is 7.13. The van der Waals surface area contributed by atoms with Gasteiger partial charge in [-0.2, -0.15) is 0 Å². The molecule has 15 heavy (non-hydrogen) atoms. The van der Waals surface area contributed by atoms with Crippen molar-refractivity contribution in [3.05, 3.63) is 29.8 Å². The van der Waals surface area contributed by atoms with Crippen molar-refractivity contribution in [2.45, 2.75) is 6.10 Å². The molecule has 5 heteroatoms. The monoisotopic (exact) mass is 230 g/mol. The number of halogens is 1. The fourth-order valence-corrected chi connectivity index (χ4v) is 0.986. The van der Waals surface area contributed by atoms with Crippen LogP contribution in [0.4, 0.5) is 0 Å². The van der Waals surface area contributed by atoms with Crippen LogP contribution >= 0.6 is 11.6 Å². The van der Waals surface area contributed by atoms with Crippen molar-refractivity contribution >= 4 is 17.6 Å². The average molecular weight is 231 g/mol. The van der Waals surface area contributed by atoms with Crippen molar-refractivity contribution < 1.29 is 19.7 Å². The Bertz CT molecular complexity index is 323. The van der Waals surface area contributed by atoms with Gasteiger partial charge in [0, 0.05) is 0 Å². The van der Waals surface area contributed by atoms with Crippen molar-refractivity contribution in [1.82, 2.24) is 0 Å². The largest absolute Gasteiger partial charge is 0.508 e. The van der Waals surface area contributed by atoms with E-state index in [0.717, 1.165) is 0 Å². The van der Waals surface area contributed by atoms with Crippen LogP contribution in [-0.4, -0.2) is 34.8 Å². The van der Waals surface area contributed by atoms with Gasteiger partial charge in [-0.25, -0.2) is 4.79 Å². The molecule has 1 atom stereocenters. The predicted octanol–water partition coefficient (Wildman–Crippen LogP) is 1.15. The minimum Gasteiger partial charge on any atom is -0.508 e. The summed E-state index contributed by atoms with van der Waals surface area (Å²) < 4.78 is 4.77. The lowest BCUT2D eigenvalue weighted by Gasteiger charge is -2.07. The number of aliphatic hydroxyl groups excluding tert-OH is 1. The number of aliphatic hydroxyl groups is 1. The number of carbonyl (C=O) groups excluding carboxylic acids is 1. The highest BCUT2D eigenvalue weighted by Crippen LogP contribution is 2.10. The zero-order valence-electron chi connectivity index (χ0n) is 7.89. The molecule has 0 radical (unpaired) electrons. The van der Waals surface area contributed by atoms with E-state index in [0.29, 0.717) is 5.56 Å². The molecule has 0 heterocycles. The molecule has 0 fully saturated rings. The number of esters is 1. The summed E-state index contributed by atoms with van der Waals surface area (Å²) >= 11 is 5.33. The van der Waals surface area contributed by atoms with Crippen molar-refractivity contribution in [2.75, 3.05) is 12.5 Å². The van der Waals surface area contributed by atoms with E-state index in [2.05, 4.69) is 0 Å². The quantitative estimate of drug-likeness (QED) is 0.602. The lowest BCUT2D eigenvalue weighted by atomic mass is 10.2. The summed E-state index contributed by atoms with van der Waals surface area (Å²) in [7, 11) is 0. The van der Waals surface area contributed by atoms with Crippen molar-refractivity contribution in [3.8, 4) is 5.75 Å². The standard InChI is InChI=1S/C10H11ClO4/c11-5-9(13)6-15-10(14)7-1-3-8(12)4-2-7/h1-4,9,12-13H,5-6H2. The van der Waals surface area contributed by atoms with Crippen LogP contribution in [0.1, 0.15) is 10.4 Å². The van der Waals surface area contributed by atoms with Crippen LogP contribution in [0.25, 0.3) is 0 Å². The van der Waals surface area contributed by atoms with Gasteiger partial charge in [-0.05, 0) is 24.3 Å². The third-order valence-corrected chi connectivity index (χ3v) is 2.04. The van der Waals surface area contributed by atoms with Gasteiger partial charge in [-0.1, -0.05) is 0 Å². The lowest BCUT2D eigenvalue weighted by Crippen LogP contribution is -2.19. The van der Waals surface area contributed by atoms with Gasteiger partial charge in [0.15, 0.2) is 0 Å².